The molecule has 3 fully saturated rings. The highest BCUT2D eigenvalue weighted by Crippen LogP contribution is 2.36. The van der Waals surface area contributed by atoms with Crippen molar-refractivity contribution in [2.45, 2.75) is 47.6 Å². The van der Waals surface area contributed by atoms with E-state index in [0.717, 1.165) is 17.2 Å². The van der Waals surface area contributed by atoms with Crippen molar-refractivity contribution in [1.82, 2.24) is 33.3 Å². The van der Waals surface area contributed by atoms with Crippen LogP contribution in [0.15, 0.2) is 152 Å². The largest absolute Gasteiger partial charge is 0.497 e. The Morgan fingerprint density at radius 2 is 0.941 bits per heavy atom. The second-order valence-electron chi connectivity index (χ2n) is 24.1. The maximum Gasteiger partial charge on any atom is 0.345 e. The highest BCUT2D eigenvalue weighted by atomic mass is 35.5. The van der Waals surface area contributed by atoms with Gasteiger partial charge in [0.2, 0.25) is 0 Å². The van der Waals surface area contributed by atoms with Gasteiger partial charge < -0.3 is 62.2 Å². The lowest BCUT2D eigenvalue weighted by molar-refractivity contribution is 0.0514. The molecule has 3 amide bonds. The minimum absolute atomic E-state index is 0. The van der Waals surface area contributed by atoms with Crippen molar-refractivity contribution in [2.75, 3.05) is 140 Å². The number of aryl methyl sites for hydroxylation is 2. The number of hydrogen-bond donors (Lipinski definition) is 0. The molecular formula is C75H90Cl2N10O13S2. The van der Waals surface area contributed by atoms with Gasteiger partial charge in [-0.25, -0.2) is 18.0 Å². The first-order chi connectivity index (χ1) is 47.4. The van der Waals surface area contributed by atoms with Crippen molar-refractivity contribution in [3.8, 4) is 5.75 Å². The zero-order valence-corrected chi connectivity index (χ0v) is 59.5. The van der Waals surface area contributed by atoms with Crippen molar-refractivity contribution in [1.29, 1.82) is 0 Å². The van der Waals surface area contributed by atoms with Gasteiger partial charge in [-0.15, -0.1) is 11.3 Å². The summed E-state index contributed by atoms with van der Waals surface area (Å²) in [5.74, 6) is -0.763. The first-order valence-electron chi connectivity index (χ1n) is 32.3. The Morgan fingerprint density at radius 3 is 1.42 bits per heavy atom. The van der Waals surface area contributed by atoms with Crippen LogP contribution in [-0.2, 0) is 40.0 Å². The lowest BCUT2D eigenvalue weighted by Crippen LogP contribution is -2.49. The SMILES string of the molecule is C.C.C.CCOC(=O)c1c(N2CCN(C(=O)c3ccc(Cl)cc3)CC2)c2cc(Cl)ccc2n(C)c1=O.CCOC(=O)c1c(N2CCN(C(=O)c3ccc(OC)cc3)CC2)c2ccccc2n(CCN(C)C)c1=O.Cn1c(=O)c(S(C)(=O)=O)c(N2CCN(C(=O)c3cccs3)CC2)c2ccccc21. The number of carbonyl (C=O) groups is 5. The molecule has 27 heteroatoms. The number of thiophene rings is 1. The average Bonchev–Trinajstić information content (AvgIpc) is 0.795. The Bertz CT molecular complexity index is 4810. The molecule has 23 nitrogen and oxygen atoms in total. The minimum Gasteiger partial charge on any atom is -0.497 e. The number of ether oxygens (including phenoxy) is 3. The number of halogens is 2. The lowest BCUT2D eigenvalue weighted by Gasteiger charge is -2.37. The number of amides is 3. The van der Waals surface area contributed by atoms with E-state index in [1.54, 1.807) is 127 Å². The molecule has 0 unspecified atom stereocenters. The Hall–Kier alpha value is -9.53. The molecule has 0 saturated carbocycles. The van der Waals surface area contributed by atoms with E-state index in [-0.39, 0.29) is 74.8 Å². The molecule has 0 radical (unpaired) electrons. The van der Waals surface area contributed by atoms with E-state index in [1.807, 2.05) is 93.7 Å². The fourth-order valence-electron chi connectivity index (χ4n) is 12.6. The smallest absolute Gasteiger partial charge is 0.345 e. The zero-order valence-electron chi connectivity index (χ0n) is 56.4. The number of pyridine rings is 3. The number of rotatable bonds is 15. The number of methoxy groups -OCH3 is 1. The van der Waals surface area contributed by atoms with Crippen LogP contribution in [0.25, 0.3) is 32.7 Å². The monoisotopic (exact) mass is 1470 g/mol. The van der Waals surface area contributed by atoms with Crippen molar-refractivity contribution in [3.05, 3.63) is 201 Å². The summed E-state index contributed by atoms with van der Waals surface area (Å²) < 4.78 is 45.3. The molecule has 0 atom stereocenters. The molecule has 0 N–H and O–H groups in total. The molecule has 3 saturated heterocycles. The Labute approximate surface area is 609 Å². The molecule has 0 bridgehead atoms. The van der Waals surface area contributed by atoms with Crippen molar-refractivity contribution < 1.29 is 46.6 Å². The Morgan fingerprint density at radius 1 is 0.510 bits per heavy atom. The number of fused-ring (bicyclic) bond motifs is 3. The third kappa shape index (κ3) is 17.2. The number of esters is 2. The van der Waals surface area contributed by atoms with Gasteiger partial charge in [-0.1, -0.05) is 87.9 Å². The number of likely N-dealkylation sites (N-methyl/N-ethyl adjacent to an activating group) is 1. The van der Waals surface area contributed by atoms with Crippen LogP contribution in [0.2, 0.25) is 10.0 Å². The van der Waals surface area contributed by atoms with E-state index >= 15 is 0 Å². The summed E-state index contributed by atoms with van der Waals surface area (Å²) in [4.78, 5) is 118. The molecular weight excluding hydrogens is 1380 g/mol. The second-order valence-corrected chi connectivity index (χ2v) is 27.8. The highest BCUT2D eigenvalue weighted by molar-refractivity contribution is 7.90. The number of para-hydroxylation sites is 2. The summed E-state index contributed by atoms with van der Waals surface area (Å²) in [6.45, 7) is 10.3. The number of aromatic nitrogens is 3. The molecule has 4 aromatic heterocycles. The van der Waals surface area contributed by atoms with Gasteiger partial charge in [0.25, 0.3) is 34.4 Å². The standard InChI is InChI=1S/C28H34N4O5.C24H23Cl2N3O4.C20H21N3O4S2.3CH4/c1-5-37-28(35)24-25(22-8-6-7-9-23(22)32(27(24)34)19-14-29(2)3)30-15-17-31(18-16-30)26(33)20-10-12-21(36-4)13-11-20;1-3-33-24(32)20-21(18-14-17(26)8-9-19(18)27(2)23(20)31)28-10-12-29(13-11-28)22(30)15-4-6-16(25)7-5-15;1-21-15-7-4-3-6-14(15)17(18(20(21)25)29(2,26)27)22-9-11-23(12-10-22)19(24)16-8-5-13-28-16;;;/h6-13H,5,14-19H2,1-4H3;4-9,14H,3,10-13H2,1-2H3;3-8,13H,9-12H2,1-2H3;3*1H4. The molecule has 102 heavy (non-hydrogen) atoms. The summed E-state index contributed by atoms with van der Waals surface area (Å²) in [6, 6.07) is 37.6. The Kier molecular flexibility index (Phi) is 27.3. The summed E-state index contributed by atoms with van der Waals surface area (Å²) in [5, 5.41) is 5.15. The van der Waals surface area contributed by atoms with E-state index in [1.165, 1.54) is 20.5 Å². The molecule has 7 heterocycles. The molecule has 544 valence electrons. The van der Waals surface area contributed by atoms with Crippen LogP contribution in [0.1, 0.15) is 87.2 Å². The Balaban J connectivity index is 0.000000213. The van der Waals surface area contributed by atoms with Crippen LogP contribution in [0.3, 0.4) is 0 Å². The normalized spacial score (nSPS) is 13.8. The van der Waals surface area contributed by atoms with Gasteiger partial charge in [0.15, 0.2) is 14.7 Å². The number of carbonyl (C=O) groups excluding carboxylic acids is 5. The first kappa shape index (κ1) is 79.8. The van der Waals surface area contributed by atoms with E-state index < -0.39 is 32.9 Å². The fourth-order valence-corrected chi connectivity index (χ4v) is 14.6. The molecule has 0 aliphatic carbocycles. The molecule has 12 rings (SSSR count). The van der Waals surface area contributed by atoms with Gasteiger partial charge in [-0.2, -0.15) is 0 Å². The van der Waals surface area contributed by atoms with Crippen LogP contribution in [-0.4, -0.2) is 197 Å². The van der Waals surface area contributed by atoms with Gasteiger partial charge in [0, 0.05) is 149 Å². The minimum atomic E-state index is -3.75. The third-order valence-electron chi connectivity index (χ3n) is 17.6. The van der Waals surface area contributed by atoms with Crippen LogP contribution in [0.4, 0.5) is 17.1 Å². The van der Waals surface area contributed by atoms with Crippen molar-refractivity contribution >= 4 is 124 Å². The first-order valence-corrected chi connectivity index (χ1v) is 35.8. The van der Waals surface area contributed by atoms with Gasteiger partial charge in [-0.05, 0) is 118 Å². The van der Waals surface area contributed by atoms with E-state index in [9.17, 15) is 46.8 Å². The van der Waals surface area contributed by atoms with E-state index in [2.05, 4.69) is 0 Å². The van der Waals surface area contributed by atoms with E-state index in [0.29, 0.717) is 162 Å². The van der Waals surface area contributed by atoms with Gasteiger partial charge in [-0.3, -0.25) is 28.8 Å². The molecule has 0 spiro atoms. The van der Waals surface area contributed by atoms with Crippen molar-refractivity contribution in [2.24, 2.45) is 14.1 Å². The zero-order chi connectivity index (χ0) is 71.0. The van der Waals surface area contributed by atoms with Gasteiger partial charge >= 0.3 is 11.9 Å². The topological polar surface area (TPSA) is 236 Å². The molecule has 3 aliphatic rings. The third-order valence-corrected chi connectivity index (χ3v) is 20.1. The molecule has 5 aromatic carbocycles. The molecule has 3 aliphatic heterocycles. The summed E-state index contributed by atoms with van der Waals surface area (Å²) >= 11 is 13.6. The average molecular weight is 1470 g/mol. The number of piperazine rings is 3. The van der Waals surface area contributed by atoms with E-state index in [4.69, 9.17) is 37.4 Å². The molecule has 9 aromatic rings. The number of anilines is 3. The lowest BCUT2D eigenvalue weighted by atomic mass is 10.1. The number of nitrogens with zero attached hydrogens (tertiary/aromatic N) is 10. The number of hydrogen-bond acceptors (Lipinski definition) is 18. The number of benzene rings is 5. The predicted molar refractivity (Wildman–Crippen MR) is 408 cm³/mol. The summed E-state index contributed by atoms with van der Waals surface area (Å²) in [6.07, 6.45) is 1.07. The maximum absolute atomic E-state index is 13.7. The van der Waals surface area contributed by atoms with Crippen LogP contribution in [0.5, 0.6) is 5.75 Å². The maximum atomic E-state index is 13.7. The number of sulfone groups is 1. The van der Waals surface area contributed by atoms with Crippen molar-refractivity contribution in [3.63, 3.8) is 0 Å². The summed E-state index contributed by atoms with van der Waals surface area (Å²) in [5.41, 5.74) is 3.49. The fraction of sp³-hybridized carbons (Fsp3) is 0.360. The van der Waals surface area contributed by atoms with Crippen LogP contribution in [0, 0.1) is 0 Å². The highest BCUT2D eigenvalue weighted by Gasteiger charge is 2.34. The van der Waals surface area contributed by atoms with Gasteiger partial charge in [0.05, 0.1) is 58.8 Å². The van der Waals surface area contributed by atoms with Gasteiger partial charge in [0.1, 0.15) is 16.9 Å². The van der Waals surface area contributed by atoms with Crippen LogP contribution < -0.4 is 36.1 Å². The predicted octanol–water partition coefficient (Wildman–Crippen LogP) is 10.6. The summed E-state index contributed by atoms with van der Waals surface area (Å²) in [7, 11) is 4.93. The van der Waals surface area contributed by atoms with Crippen LogP contribution >= 0.6 is 34.5 Å². The second kappa shape index (κ2) is 34.9. The quantitative estimate of drug-likeness (QED) is 0.0868.